The molecule has 0 radical (unpaired) electrons. The Morgan fingerprint density at radius 3 is 1.83 bits per heavy atom. The molecule has 0 heterocycles. The number of phosphoric acid groups is 1. The summed E-state index contributed by atoms with van der Waals surface area (Å²) in [5.74, 6) is -1.13. The highest BCUT2D eigenvalue weighted by Gasteiger charge is 2.23. The van der Waals surface area contributed by atoms with Crippen molar-refractivity contribution in [3.05, 3.63) is 48.6 Å². The first-order valence-corrected chi connectivity index (χ1v) is 19.2. The van der Waals surface area contributed by atoms with Crippen LogP contribution < -0.4 is 0 Å². The molecule has 0 spiro atoms. The van der Waals surface area contributed by atoms with Crippen molar-refractivity contribution in [2.75, 3.05) is 13.2 Å². The molecular formula is C36H63O10P. The maximum atomic E-state index is 12.3. The van der Waals surface area contributed by atoms with Crippen LogP contribution in [0.25, 0.3) is 0 Å². The van der Waals surface area contributed by atoms with E-state index in [4.69, 9.17) is 19.3 Å². The summed E-state index contributed by atoms with van der Waals surface area (Å²) in [4.78, 5) is 42.5. The summed E-state index contributed by atoms with van der Waals surface area (Å²) in [7, 11) is -4.80. The van der Waals surface area contributed by atoms with Crippen LogP contribution in [0.2, 0.25) is 0 Å². The molecule has 0 saturated heterocycles. The van der Waals surface area contributed by atoms with E-state index >= 15 is 0 Å². The number of allylic oxidation sites excluding steroid dienone is 5. The highest BCUT2D eigenvalue weighted by Crippen LogP contribution is 2.36. The number of aliphatic hydroxyl groups excluding tert-OH is 2. The molecule has 3 atom stereocenters. The molecule has 0 bridgehead atoms. The first kappa shape index (κ1) is 44.9. The molecule has 0 aliphatic carbocycles. The second kappa shape index (κ2) is 31.2. The molecule has 47 heavy (non-hydrogen) atoms. The summed E-state index contributed by atoms with van der Waals surface area (Å²) in [5.41, 5.74) is 0. The van der Waals surface area contributed by atoms with Gasteiger partial charge < -0.3 is 29.5 Å². The third-order valence-corrected chi connectivity index (χ3v) is 7.78. The molecule has 0 fully saturated rings. The van der Waals surface area contributed by atoms with Gasteiger partial charge in [-0.05, 0) is 38.5 Å². The van der Waals surface area contributed by atoms with Gasteiger partial charge in [0.2, 0.25) is 0 Å². The molecule has 0 aliphatic heterocycles. The predicted octanol–water partition coefficient (Wildman–Crippen LogP) is 7.95. The van der Waals surface area contributed by atoms with Gasteiger partial charge in [0.25, 0.3) is 0 Å². The summed E-state index contributed by atoms with van der Waals surface area (Å²) < 4.78 is 26.0. The van der Waals surface area contributed by atoms with Gasteiger partial charge in [0.1, 0.15) is 6.61 Å². The standard InChI is InChI=1S/C36H63O10P/c1-3-5-7-9-11-12-13-14-16-22-28-36(40)46-34(31-45-47(41,42)43)30-44-35(39)29-23-27-33(38)26-21-18-17-20-25-32(37)24-19-15-10-8-6-4-2/h15,17-21,25-26,32-34,37-38H,3-14,16,22-24,27-31H2,1-2H3,(H2,41,42,43)/b18-17+,19-15-,25-20+,26-21-/t32-,33-,34-/m1/s1. The quantitative estimate of drug-likeness (QED) is 0.0185. The molecule has 272 valence electrons. The van der Waals surface area contributed by atoms with Gasteiger partial charge in [-0.25, -0.2) is 4.57 Å². The van der Waals surface area contributed by atoms with E-state index in [1.807, 2.05) is 6.08 Å². The first-order valence-electron chi connectivity index (χ1n) is 17.6. The van der Waals surface area contributed by atoms with Crippen molar-refractivity contribution in [3.8, 4) is 0 Å². The SMILES string of the molecule is CCCCC/C=C\C[C@@H](O)/C=C/C=C/C=C\[C@@H](O)CCCC(=O)OC[C@H](COP(=O)(O)O)OC(=O)CCCCCCCCCCCC. The molecule has 4 N–H and O–H groups in total. The van der Waals surface area contributed by atoms with Crippen molar-refractivity contribution in [2.45, 2.75) is 154 Å². The number of aliphatic hydroxyl groups is 2. The van der Waals surface area contributed by atoms with Crippen LogP contribution in [0.4, 0.5) is 0 Å². The lowest BCUT2D eigenvalue weighted by Gasteiger charge is -2.18. The molecule has 0 aromatic rings. The molecular weight excluding hydrogens is 623 g/mol. The van der Waals surface area contributed by atoms with Crippen LogP contribution in [0.15, 0.2) is 48.6 Å². The van der Waals surface area contributed by atoms with Crippen LogP contribution in [-0.2, 0) is 28.2 Å². The minimum absolute atomic E-state index is 0.00698. The Hall–Kier alpha value is -2.07. The zero-order chi connectivity index (χ0) is 35.0. The van der Waals surface area contributed by atoms with Gasteiger partial charge in [0.05, 0.1) is 18.8 Å². The Bertz CT molecular complexity index is 940. The second-order valence-electron chi connectivity index (χ2n) is 11.9. The highest BCUT2D eigenvalue weighted by atomic mass is 31.2. The lowest BCUT2D eigenvalue weighted by molar-refractivity contribution is -0.161. The molecule has 0 amide bonds. The summed E-state index contributed by atoms with van der Waals surface area (Å²) in [6, 6.07) is 0. The molecule has 0 unspecified atom stereocenters. The topological polar surface area (TPSA) is 160 Å². The fraction of sp³-hybridized carbons (Fsp3) is 0.722. The number of carbonyl (C=O) groups excluding carboxylic acids is 2. The number of carbonyl (C=O) groups is 2. The number of hydrogen-bond donors (Lipinski definition) is 4. The van der Waals surface area contributed by atoms with Crippen molar-refractivity contribution in [1.29, 1.82) is 0 Å². The fourth-order valence-corrected chi connectivity index (χ4v) is 4.93. The van der Waals surface area contributed by atoms with Crippen LogP contribution in [-0.4, -0.2) is 63.5 Å². The normalized spacial score (nSPS) is 14.4. The lowest BCUT2D eigenvalue weighted by atomic mass is 10.1. The zero-order valence-corrected chi connectivity index (χ0v) is 29.8. The number of hydrogen-bond acceptors (Lipinski definition) is 8. The maximum absolute atomic E-state index is 12.3. The number of esters is 2. The van der Waals surface area contributed by atoms with Crippen molar-refractivity contribution < 1.29 is 48.2 Å². The van der Waals surface area contributed by atoms with Crippen molar-refractivity contribution >= 4 is 19.8 Å². The average Bonchev–Trinajstić information content (AvgIpc) is 3.02. The molecule has 0 aliphatic rings. The monoisotopic (exact) mass is 686 g/mol. The molecule has 0 saturated carbocycles. The molecule has 0 rings (SSSR count). The predicted molar refractivity (Wildman–Crippen MR) is 186 cm³/mol. The van der Waals surface area contributed by atoms with Gasteiger partial charge in [-0.1, -0.05) is 133 Å². The largest absolute Gasteiger partial charge is 0.469 e. The smallest absolute Gasteiger partial charge is 0.462 e. The van der Waals surface area contributed by atoms with Crippen molar-refractivity contribution in [1.82, 2.24) is 0 Å². The van der Waals surface area contributed by atoms with Gasteiger partial charge in [-0.15, -0.1) is 0 Å². The first-order chi connectivity index (χ1) is 22.6. The zero-order valence-electron chi connectivity index (χ0n) is 28.9. The minimum atomic E-state index is -4.80. The van der Waals surface area contributed by atoms with E-state index in [1.165, 1.54) is 57.8 Å². The van der Waals surface area contributed by atoms with Crippen molar-refractivity contribution in [3.63, 3.8) is 0 Å². The third-order valence-electron chi connectivity index (χ3n) is 7.29. The molecule has 0 aromatic heterocycles. The fourth-order valence-electron chi connectivity index (χ4n) is 4.57. The van der Waals surface area contributed by atoms with E-state index in [9.17, 15) is 24.4 Å². The van der Waals surface area contributed by atoms with Gasteiger partial charge in [-0.2, -0.15) is 0 Å². The van der Waals surface area contributed by atoms with Crippen LogP contribution >= 0.6 is 7.82 Å². The van der Waals surface area contributed by atoms with Gasteiger partial charge in [0.15, 0.2) is 6.10 Å². The summed E-state index contributed by atoms with van der Waals surface area (Å²) in [6.45, 7) is 3.36. The average molecular weight is 687 g/mol. The van der Waals surface area contributed by atoms with Crippen molar-refractivity contribution in [2.24, 2.45) is 0 Å². The third kappa shape index (κ3) is 33.6. The highest BCUT2D eigenvalue weighted by molar-refractivity contribution is 7.46. The number of unbranched alkanes of at least 4 members (excludes halogenated alkanes) is 12. The van der Waals surface area contributed by atoms with Gasteiger partial charge >= 0.3 is 19.8 Å². The van der Waals surface area contributed by atoms with E-state index in [0.717, 1.165) is 25.7 Å². The number of phosphoric ester groups is 1. The number of rotatable bonds is 31. The molecule has 0 aromatic carbocycles. The van der Waals surface area contributed by atoms with Crippen LogP contribution in [0, 0.1) is 0 Å². The van der Waals surface area contributed by atoms with Crippen LogP contribution in [0.5, 0.6) is 0 Å². The Morgan fingerprint density at radius 2 is 1.21 bits per heavy atom. The van der Waals surface area contributed by atoms with E-state index < -0.39 is 51.3 Å². The Labute approximate surface area is 283 Å². The van der Waals surface area contributed by atoms with Gasteiger partial charge in [-0.3, -0.25) is 14.1 Å². The Morgan fingerprint density at radius 1 is 0.660 bits per heavy atom. The van der Waals surface area contributed by atoms with E-state index in [2.05, 4.69) is 24.4 Å². The Kier molecular flexibility index (Phi) is 29.8. The van der Waals surface area contributed by atoms with Crippen LogP contribution in [0.1, 0.15) is 136 Å². The summed E-state index contributed by atoms with van der Waals surface area (Å²) in [5, 5.41) is 20.1. The lowest BCUT2D eigenvalue weighted by Crippen LogP contribution is -2.29. The van der Waals surface area contributed by atoms with E-state index in [0.29, 0.717) is 25.7 Å². The molecule has 11 heteroatoms. The molecule has 10 nitrogen and oxygen atoms in total. The van der Waals surface area contributed by atoms with Crippen LogP contribution in [0.3, 0.4) is 0 Å². The second-order valence-corrected chi connectivity index (χ2v) is 13.1. The number of ether oxygens (including phenoxy) is 2. The summed E-state index contributed by atoms with van der Waals surface area (Å²) in [6.07, 6.45) is 29.0. The minimum Gasteiger partial charge on any atom is -0.462 e. The van der Waals surface area contributed by atoms with E-state index in [1.54, 1.807) is 36.5 Å². The van der Waals surface area contributed by atoms with E-state index in [-0.39, 0.29) is 12.8 Å². The maximum Gasteiger partial charge on any atom is 0.469 e. The summed E-state index contributed by atoms with van der Waals surface area (Å²) >= 11 is 0. The van der Waals surface area contributed by atoms with Gasteiger partial charge in [0, 0.05) is 12.8 Å². The Balaban J connectivity index is 4.30.